The lowest BCUT2D eigenvalue weighted by Gasteiger charge is -2.21. The number of carbonyl (C=O) groups excluding carboxylic acids is 1. The van der Waals surface area contributed by atoms with Gasteiger partial charge in [0.05, 0.1) is 12.7 Å². The minimum atomic E-state index is -0.652. The number of rotatable bonds is 6. The van der Waals surface area contributed by atoms with Crippen LogP contribution in [-0.4, -0.2) is 29.6 Å². The number of amides is 1. The fourth-order valence-electron chi connectivity index (χ4n) is 2.29. The Morgan fingerprint density at radius 3 is 2.81 bits per heavy atom. The standard InChI is InChI=1S/C16H20N2O2S/c1-2-20-14-6-3-13(4-7-14)5-8-15(19)18-16(11-17)9-10-21-12-16/h3-4,6-7H,2,5,8-10,12H2,1H3,(H,18,19). The Morgan fingerprint density at radius 1 is 1.48 bits per heavy atom. The summed E-state index contributed by atoms with van der Waals surface area (Å²) in [6.45, 7) is 2.60. The number of aryl methyl sites for hydroxylation is 1. The average molecular weight is 304 g/mol. The molecule has 0 radical (unpaired) electrons. The first-order valence-corrected chi connectivity index (χ1v) is 8.35. The zero-order valence-electron chi connectivity index (χ0n) is 12.2. The lowest BCUT2D eigenvalue weighted by atomic mass is 10.0. The zero-order chi connectivity index (χ0) is 15.1. The summed E-state index contributed by atoms with van der Waals surface area (Å²) in [6.07, 6.45) is 1.82. The van der Waals surface area contributed by atoms with Gasteiger partial charge < -0.3 is 10.1 Å². The summed E-state index contributed by atoms with van der Waals surface area (Å²) in [5.74, 6) is 2.43. The molecule has 112 valence electrons. The number of carbonyl (C=O) groups is 1. The van der Waals surface area contributed by atoms with E-state index in [9.17, 15) is 10.1 Å². The molecule has 2 rings (SSSR count). The van der Waals surface area contributed by atoms with E-state index in [0.717, 1.165) is 23.5 Å². The highest BCUT2D eigenvalue weighted by Gasteiger charge is 2.35. The van der Waals surface area contributed by atoms with Crippen molar-refractivity contribution in [2.75, 3.05) is 18.1 Å². The van der Waals surface area contributed by atoms with Crippen LogP contribution in [0.3, 0.4) is 0 Å². The number of nitriles is 1. The normalized spacial score (nSPS) is 20.8. The Morgan fingerprint density at radius 2 is 2.24 bits per heavy atom. The van der Waals surface area contributed by atoms with Crippen molar-refractivity contribution in [2.24, 2.45) is 0 Å². The summed E-state index contributed by atoms with van der Waals surface area (Å²) in [7, 11) is 0. The molecule has 0 aromatic heterocycles. The molecule has 1 aromatic rings. The van der Waals surface area contributed by atoms with Gasteiger partial charge in [-0.25, -0.2) is 0 Å². The van der Waals surface area contributed by atoms with Crippen molar-refractivity contribution in [3.63, 3.8) is 0 Å². The van der Waals surface area contributed by atoms with Crippen molar-refractivity contribution >= 4 is 17.7 Å². The van der Waals surface area contributed by atoms with Crippen LogP contribution in [0.5, 0.6) is 5.75 Å². The highest BCUT2D eigenvalue weighted by molar-refractivity contribution is 7.99. The number of hydrogen-bond donors (Lipinski definition) is 1. The zero-order valence-corrected chi connectivity index (χ0v) is 13.0. The van der Waals surface area contributed by atoms with Crippen LogP contribution in [0, 0.1) is 11.3 Å². The molecule has 1 fully saturated rings. The number of hydrogen-bond acceptors (Lipinski definition) is 4. The first-order chi connectivity index (χ1) is 10.2. The van der Waals surface area contributed by atoms with Gasteiger partial charge >= 0.3 is 0 Å². The van der Waals surface area contributed by atoms with E-state index in [1.165, 1.54) is 0 Å². The Hall–Kier alpha value is -1.67. The van der Waals surface area contributed by atoms with Gasteiger partial charge in [-0.1, -0.05) is 12.1 Å². The van der Waals surface area contributed by atoms with Gasteiger partial charge in [0.1, 0.15) is 11.3 Å². The largest absolute Gasteiger partial charge is 0.494 e. The van der Waals surface area contributed by atoms with Crippen LogP contribution in [0.15, 0.2) is 24.3 Å². The van der Waals surface area contributed by atoms with Crippen LogP contribution in [-0.2, 0) is 11.2 Å². The van der Waals surface area contributed by atoms with Gasteiger partial charge in [0.15, 0.2) is 0 Å². The SMILES string of the molecule is CCOc1ccc(CCC(=O)NC2(C#N)CCSC2)cc1. The van der Waals surface area contributed by atoms with Gasteiger partial charge in [0, 0.05) is 12.2 Å². The van der Waals surface area contributed by atoms with E-state index in [1.807, 2.05) is 31.2 Å². The molecule has 21 heavy (non-hydrogen) atoms. The Kier molecular flexibility index (Phi) is 5.51. The average Bonchev–Trinajstić information content (AvgIpc) is 2.96. The smallest absolute Gasteiger partial charge is 0.221 e. The molecule has 0 spiro atoms. The van der Waals surface area contributed by atoms with Crippen LogP contribution in [0.2, 0.25) is 0 Å². The van der Waals surface area contributed by atoms with E-state index < -0.39 is 5.54 Å². The molecule has 5 heteroatoms. The summed E-state index contributed by atoms with van der Waals surface area (Å²) in [5.41, 5.74) is 0.445. The molecule has 1 N–H and O–H groups in total. The van der Waals surface area contributed by atoms with Gasteiger partial charge in [0.2, 0.25) is 5.91 Å². The third kappa shape index (κ3) is 4.40. The maximum Gasteiger partial charge on any atom is 0.221 e. The molecular formula is C16H20N2O2S. The van der Waals surface area contributed by atoms with Crippen LogP contribution in [0.1, 0.15) is 25.3 Å². The lowest BCUT2D eigenvalue weighted by molar-refractivity contribution is -0.122. The first kappa shape index (κ1) is 15.7. The topological polar surface area (TPSA) is 62.1 Å². The Balaban J connectivity index is 1.82. The lowest BCUT2D eigenvalue weighted by Crippen LogP contribution is -2.47. The molecule has 0 aliphatic carbocycles. The van der Waals surface area contributed by atoms with Crippen molar-refractivity contribution in [3.8, 4) is 11.8 Å². The minimum Gasteiger partial charge on any atom is -0.494 e. The van der Waals surface area contributed by atoms with E-state index in [-0.39, 0.29) is 5.91 Å². The molecule has 1 amide bonds. The molecule has 1 aliphatic heterocycles. The van der Waals surface area contributed by atoms with Crippen LogP contribution >= 0.6 is 11.8 Å². The summed E-state index contributed by atoms with van der Waals surface area (Å²) in [4.78, 5) is 12.0. The second kappa shape index (κ2) is 7.37. The molecule has 4 nitrogen and oxygen atoms in total. The van der Waals surface area contributed by atoms with Crippen LogP contribution < -0.4 is 10.1 Å². The van der Waals surface area contributed by atoms with E-state index in [0.29, 0.717) is 25.2 Å². The van der Waals surface area contributed by atoms with Crippen LogP contribution in [0.4, 0.5) is 0 Å². The van der Waals surface area contributed by atoms with Crippen LogP contribution in [0.25, 0.3) is 0 Å². The highest BCUT2D eigenvalue weighted by Crippen LogP contribution is 2.27. The number of benzene rings is 1. The van der Waals surface area contributed by atoms with E-state index in [2.05, 4.69) is 11.4 Å². The van der Waals surface area contributed by atoms with E-state index in [1.54, 1.807) is 11.8 Å². The van der Waals surface area contributed by atoms with Crippen molar-refractivity contribution < 1.29 is 9.53 Å². The molecule has 1 heterocycles. The van der Waals surface area contributed by atoms with Gasteiger partial charge in [0.25, 0.3) is 0 Å². The van der Waals surface area contributed by atoms with Gasteiger partial charge in [-0.2, -0.15) is 17.0 Å². The third-order valence-electron chi connectivity index (χ3n) is 3.49. The second-order valence-electron chi connectivity index (χ2n) is 5.12. The molecule has 1 saturated heterocycles. The first-order valence-electron chi connectivity index (χ1n) is 7.19. The fourth-order valence-corrected chi connectivity index (χ4v) is 3.55. The molecule has 1 aliphatic rings. The van der Waals surface area contributed by atoms with Crippen molar-refractivity contribution in [1.29, 1.82) is 5.26 Å². The maximum atomic E-state index is 12.0. The summed E-state index contributed by atoms with van der Waals surface area (Å²) >= 11 is 1.72. The quantitative estimate of drug-likeness (QED) is 0.877. The number of thioether (sulfide) groups is 1. The molecule has 0 saturated carbocycles. The highest BCUT2D eigenvalue weighted by atomic mass is 32.2. The van der Waals surface area contributed by atoms with Crippen molar-refractivity contribution in [2.45, 2.75) is 31.7 Å². The monoisotopic (exact) mass is 304 g/mol. The predicted molar refractivity (Wildman–Crippen MR) is 84.4 cm³/mol. The van der Waals surface area contributed by atoms with Crippen molar-refractivity contribution in [1.82, 2.24) is 5.32 Å². The fraction of sp³-hybridized carbons (Fsp3) is 0.500. The summed E-state index contributed by atoms with van der Waals surface area (Å²) < 4.78 is 5.39. The number of nitrogens with one attached hydrogen (secondary N) is 1. The summed E-state index contributed by atoms with van der Waals surface area (Å²) in [6, 6.07) is 10.0. The number of ether oxygens (including phenoxy) is 1. The predicted octanol–water partition coefficient (Wildman–Crippen LogP) is 2.53. The third-order valence-corrected chi connectivity index (χ3v) is 4.68. The minimum absolute atomic E-state index is 0.0482. The van der Waals surface area contributed by atoms with Gasteiger partial charge in [-0.15, -0.1) is 0 Å². The maximum absolute atomic E-state index is 12.0. The van der Waals surface area contributed by atoms with Gasteiger partial charge in [-0.05, 0) is 43.2 Å². The molecule has 0 bridgehead atoms. The number of nitrogens with zero attached hydrogens (tertiary/aromatic N) is 1. The molecule has 1 atom stereocenters. The summed E-state index contributed by atoms with van der Waals surface area (Å²) in [5, 5.41) is 12.1. The van der Waals surface area contributed by atoms with Crippen molar-refractivity contribution in [3.05, 3.63) is 29.8 Å². The molecule has 1 aromatic carbocycles. The molecule has 1 unspecified atom stereocenters. The van der Waals surface area contributed by atoms with Gasteiger partial charge in [-0.3, -0.25) is 4.79 Å². The Labute approximate surface area is 129 Å². The van der Waals surface area contributed by atoms with E-state index in [4.69, 9.17) is 4.74 Å². The molecular weight excluding hydrogens is 284 g/mol. The van der Waals surface area contributed by atoms with E-state index >= 15 is 0 Å². The second-order valence-corrected chi connectivity index (χ2v) is 6.23. The Bertz CT molecular complexity index is 516.